The van der Waals surface area contributed by atoms with Crippen molar-refractivity contribution in [3.05, 3.63) is 63.7 Å². The second-order valence-corrected chi connectivity index (χ2v) is 5.91. The van der Waals surface area contributed by atoms with Crippen LogP contribution in [0, 0.1) is 0 Å². The lowest BCUT2D eigenvalue weighted by atomic mass is 9.77. The first-order valence-electron chi connectivity index (χ1n) is 7.65. The average Bonchev–Trinajstić information content (AvgIpc) is 2.58. The van der Waals surface area contributed by atoms with Crippen molar-refractivity contribution in [2.45, 2.75) is 26.1 Å². The van der Waals surface area contributed by atoms with Gasteiger partial charge in [-0.05, 0) is 37.1 Å². The van der Waals surface area contributed by atoms with E-state index in [4.69, 9.17) is 4.74 Å². The van der Waals surface area contributed by atoms with Crippen molar-refractivity contribution in [1.82, 2.24) is 0 Å². The van der Waals surface area contributed by atoms with Gasteiger partial charge in [0.15, 0.2) is 11.6 Å². The molecule has 0 spiro atoms. The molecule has 0 bridgehead atoms. The Balaban J connectivity index is 2.33. The van der Waals surface area contributed by atoms with E-state index in [9.17, 15) is 24.6 Å². The first kappa shape index (κ1) is 17.0. The van der Waals surface area contributed by atoms with Crippen LogP contribution in [-0.2, 0) is 4.79 Å². The number of rotatable bonds is 4. The van der Waals surface area contributed by atoms with Crippen molar-refractivity contribution in [3.63, 3.8) is 0 Å². The largest absolute Gasteiger partial charge is 0.429 e. The van der Waals surface area contributed by atoms with Gasteiger partial charge in [0.25, 0.3) is 6.47 Å². The minimum Gasteiger partial charge on any atom is -0.429 e. The van der Waals surface area contributed by atoms with Gasteiger partial charge in [-0.25, -0.2) is 0 Å². The molecule has 6 heteroatoms. The van der Waals surface area contributed by atoms with Crippen molar-refractivity contribution in [1.29, 1.82) is 0 Å². The van der Waals surface area contributed by atoms with E-state index in [1.54, 1.807) is 18.2 Å². The highest BCUT2D eigenvalue weighted by Gasteiger charge is 2.35. The highest BCUT2D eigenvalue weighted by Crippen LogP contribution is 2.45. The molecule has 0 aromatic heterocycles. The highest BCUT2D eigenvalue weighted by atomic mass is 16.5. The molecule has 0 saturated carbocycles. The van der Waals surface area contributed by atoms with Gasteiger partial charge in [-0.15, -0.1) is 0 Å². The van der Waals surface area contributed by atoms with Crippen molar-refractivity contribution in [2.24, 2.45) is 0 Å². The molecule has 6 nitrogen and oxygen atoms in total. The Bertz CT molecular complexity index is 899. The summed E-state index contributed by atoms with van der Waals surface area (Å²) in [5, 5.41) is 21.6. The summed E-state index contributed by atoms with van der Waals surface area (Å²) in [5.74, 6) is -0.518. The molecule has 0 radical (unpaired) electrons. The summed E-state index contributed by atoms with van der Waals surface area (Å²) in [7, 11) is 0. The fourth-order valence-electron chi connectivity index (χ4n) is 3.34. The van der Waals surface area contributed by atoms with E-state index in [2.05, 4.69) is 0 Å². The van der Waals surface area contributed by atoms with Gasteiger partial charge < -0.3 is 14.9 Å². The zero-order chi connectivity index (χ0) is 18.3. The molecule has 3 rings (SSSR count). The van der Waals surface area contributed by atoms with Crippen LogP contribution in [0.5, 0.6) is 5.75 Å². The van der Waals surface area contributed by atoms with Crippen LogP contribution in [0.2, 0.25) is 0 Å². The number of carbonyl (C=O) groups excluding carboxylic acids is 3. The SMILES string of the molecule is CC(=O)c1cccc2c1C(O)c1c(C(C)=O)cc(OC=O)cc1C2O. The van der Waals surface area contributed by atoms with E-state index < -0.39 is 12.2 Å². The molecule has 1 aliphatic rings. The van der Waals surface area contributed by atoms with E-state index in [1.165, 1.54) is 26.0 Å². The van der Waals surface area contributed by atoms with Crippen molar-refractivity contribution >= 4 is 18.0 Å². The number of hydrogen-bond acceptors (Lipinski definition) is 6. The van der Waals surface area contributed by atoms with Crippen molar-refractivity contribution in [3.8, 4) is 5.75 Å². The maximum atomic E-state index is 12.1. The number of ketones is 2. The number of ether oxygens (including phenoxy) is 1. The van der Waals surface area contributed by atoms with Gasteiger partial charge in [0.2, 0.25) is 0 Å². The van der Waals surface area contributed by atoms with Crippen LogP contribution in [0.3, 0.4) is 0 Å². The number of aliphatic hydroxyl groups is 2. The third-order valence-corrected chi connectivity index (χ3v) is 4.40. The van der Waals surface area contributed by atoms with Crippen LogP contribution in [0.1, 0.15) is 69.0 Å². The van der Waals surface area contributed by atoms with Gasteiger partial charge in [-0.1, -0.05) is 18.2 Å². The third kappa shape index (κ3) is 2.65. The fourth-order valence-corrected chi connectivity index (χ4v) is 3.34. The number of hydrogen-bond donors (Lipinski definition) is 2. The summed E-state index contributed by atoms with van der Waals surface area (Å²) < 4.78 is 4.82. The van der Waals surface area contributed by atoms with Crippen LogP contribution in [0.25, 0.3) is 0 Å². The lowest BCUT2D eigenvalue weighted by Crippen LogP contribution is -2.23. The van der Waals surface area contributed by atoms with Crippen LogP contribution >= 0.6 is 0 Å². The minimum atomic E-state index is -1.25. The highest BCUT2D eigenvalue weighted by molar-refractivity contribution is 5.99. The maximum Gasteiger partial charge on any atom is 0.298 e. The van der Waals surface area contributed by atoms with Crippen molar-refractivity contribution in [2.75, 3.05) is 0 Å². The quantitative estimate of drug-likeness (QED) is 0.653. The van der Waals surface area contributed by atoms with Crippen LogP contribution in [0.15, 0.2) is 30.3 Å². The molecule has 0 saturated heterocycles. The minimum absolute atomic E-state index is 0.0939. The molecule has 1 aliphatic carbocycles. The fraction of sp³-hybridized carbons (Fsp3) is 0.211. The molecule has 0 fully saturated rings. The van der Waals surface area contributed by atoms with Crippen LogP contribution < -0.4 is 4.74 Å². The molecule has 25 heavy (non-hydrogen) atoms. The number of Topliss-reactive ketones (excluding diaryl/α,β-unsaturated/α-hetero) is 2. The van der Waals surface area contributed by atoms with E-state index in [0.29, 0.717) is 11.1 Å². The second-order valence-electron chi connectivity index (χ2n) is 5.91. The average molecular weight is 340 g/mol. The monoisotopic (exact) mass is 340 g/mol. The second kappa shape index (κ2) is 6.23. The Labute approximate surface area is 143 Å². The number of benzene rings is 2. The molecular weight excluding hydrogens is 324 g/mol. The molecule has 2 aromatic rings. The molecule has 2 aromatic carbocycles. The van der Waals surface area contributed by atoms with Crippen LogP contribution in [-0.4, -0.2) is 28.3 Å². The summed E-state index contributed by atoms with van der Waals surface area (Å²) in [6, 6.07) is 7.55. The molecule has 2 N–H and O–H groups in total. The Hall–Kier alpha value is -2.83. The van der Waals surface area contributed by atoms with E-state index in [1.807, 2.05) is 0 Å². The normalized spacial score (nSPS) is 18.1. The zero-order valence-electron chi connectivity index (χ0n) is 13.6. The predicted molar refractivity (Wildman–Crippen MR) is 87.7 cm³/mol. The lowest BCUT2D eigenvalue weighted by molar-refractivity contribution is -0.120. The number of carbonyl (C=O) groups is 3. The van der Waals surface area contributed by atoms with Crippen LogP contribution in [0.4, 0.5) is 0 Å². The van der Waals surface area contributed by atoms with Gasteiger partial charge in [-0.2, -0.15) is 0 Å². The Morgan fingerprint density at radius 1 is 0.960 bits per heavy atom. The van der Waals surface area contributed by atoms with Gasteiger partial charge in [-0.3, -0.25) is 14.4 Å². The van der Waals surface area contributed by atoms with Gasteiger partial charge in [0.1, 0.15) is 18.0 Å². The van der Waals surface area contributed by atoms with Gasteiger partial charge in [0.05, 0.1) is 0 Å². The number of fused-ring (bicyclic) bond motifs is 2. The predicted octanol–water partition coefficient (Wildman–Crippen LogP) is 2.10. The first-order valence-corrected chi connectivity index (χ1v) is 7.65. The summed E-state index contributed by atoms with van der Waals surface area (Å²) >= 11 is 0. The molecule has 2 atom stereocenters. The third-order valence-electron chi connectivity index (χ3n) is 4.40. The molecule has 0 amide bonds. The van der Waals surface area contributed by atoms with E-state index in [0.717, 1.165) is 0 Å². The molecule has 128 valence electrons. The molecular formula is C19H16O6. The van der Waals surface area contributed by atoms with Crippen molar-refractivity contribution < 1.29 is 29.3 Å². The first-order chi connectivity index (χ1) is 11.9. The standard InChI is InChI=1S/C19H16O6/c1-9(21)12-4-3-5-13-16(12)19(24)17-14(10(2)22)6-11(25-8-20)7-15(17)18(13)23/h3-8,18-19,23-24H,1-2H3. The topological polar surface area (TPSA) is 101 Å². The molecule has 2 unspecified atom stereocenters. The van der Waals surface area contributed by atoms with Gasteiger partial charge in [0, 0.05) is 22.3 Å². The maximum absolute atomic E-state index is 12.1. The van der Waals surface area contributed by atoms with E-state index >= 15 is 0 Å². The Kier molecular flexibility index (Phi) is 4.24. The lowest BCUT2D eigenvalue weighted by Gasteiger charge is -2.31. The summed E-state index contributed by atoms with van der Waals surface area (Å²) in [6.45, 7) is 2.90. The van der Waals surface area contributed by atoms with E-state index in [-0.39, 0.29) is 46.0 Å². The molecule has 0 heterocycles. The van der Waals surface area contributed by atoms with Gasteiger partial charge >= 0.3 is 0 Å². The Morgan fingerprint density at radius 2 is 1.60 bits per heavy atom. The summed E-state index contributed by atoms with van der Waals surface area (Å²) in [5.41, 5.74) is 1.58. The smallest absolute Gasteiger partial charge is 0.298 e. The summed E-state index contributed by atoms with van der Waals surface area (Å²) in [4.78, 5) is 34.6. The zero-order valence-corrected chi connectivity index (χ0v) is 13.6. The summed E-state index contributed by atoms with van der Waals surface area (Å²) in [6.07, 6.45) is -2.42. The molecule has 0 aliphatic heterocycles. The number of aliphatic hydroxyl groups excluding tert-OH is 2. The Morgan fingerprint density at radius 3 is 2.20 bits per heavy atom.